The monoisotopic (exact) mass is 390 g/mol. The molecular weight excluding hydrogens is 368 g/mol. The van der Waals surface area contributed by atoms with E-state index >= 15 is 0 Å². The number of rotatable bonds is 6. The van der Waals surface area contributed by atoms with Crippen molar-refractivity contribution in [1.82, 2.24) is 15.0 Å². The molecule has 29 heavy (non-hydrogen) atoms. The molecule has 0 unspecified atom stereocenters. The van der Waals surface area contributed by atoms with E-state index in [-0.39, 0.29) is 5.91 Å². The molecule has 148 valence electrons. The van der Waals surface area contributed by atoms with E-state index in [1.54, 1.807) is 31.6 Å². The van der Waals surface area contributed by atoms with Crippen LogP contribution in [0, 0.1) is 0 Å². The Morgan fingerprint density at radius 1 is 1.14 bits per heavy atom. The number of carbonyl (C=O) groups excluding carboxylic acids is 1. The number of hydrazone groups is 1. The second-order valence-electron chi connectivity index (χ2n) is 6.75. The molecule has 1 amide bonds. The summed E-state index contributed by atoms with van der Waals surface area (Å²) in [7, 11) is 3.23. The van der Waals surface area contributed by atoms with Crippen molar-refractivity contribution in [3.63, 3.8) is 0 Å². The second-order valence-corrected chi connectivity index (χ2v) is 6.75. The molecular formula is C22H22N4O3. The Labute approximate surface area is 169 Å². The highest BCUT2D eigenvalue weighted by atomic mass is 16.5. The summed E-state index contributed by atoms with van der Waals surface area (Å²) in [6.45, 7) is 0.633. The van der Waals surface area contributed by atoms with Crippen molar-refractivity contribution >= 4 is 22.5 Å². The van der Waals surface area contributed by atoms with Crippen LogP contribution < -0.4 is 9.47 Å². The van der Waals surface area contributed by atoms with Gasteiger partial charge in [-0.25, -0.2) is 5.01 Å². The van der Waals surface area contributed by atoms with E-state index < -0.39 is 0 Å². The third-order valence-electron chi connectivity index (χ3n) is 4.94. The van der Waals surface area contributed by atoms with Gasteiger partial charge in [0.15, 0.2) is 0 Å². The molecule has 3 heterocycles. The Morgan fingerprint density at radius 2 is 2.03 bits per heavy atom. The number of nitrogens with zero attached hydrogens (tertiary/aromatic N) is 4. The molecule has 1 aliphatic rings. The first kappa shape index (κ1) is 18.9. The van der Waals surface area contributed by atoms with Gasteiger partial charge in [-0.2, -0.15) is 5.10 Å². The molecule has 2 aromatic heterocycles. The maximum Gasteiger partial charge on any atom is 0.242 e. The molecule has 1 aromatic carbocycles. The number of ether oxygens (including phenoxy) is 2. The van der Waals surface area contributed by atoms with Crippen molar-refractivity contribution in [2.24, 2.45) is 5.10 Å². The van der Waals surface area contributed by atoms with Crippen molar-refractivity contribution in [2.75, 3.05) is 20.8 Å². The Bertz CT molecular complexity index is 1070. The van der Waals surface area contributed by atoms with Crippen LogP contribution in [0.1, 0.15) is 24.1 Å². The summed E-state index contributed by atoms with van der Waals surface area (Å²) in [5.74, 6) is 1.38. The normalized spacial score (nSPS) is 14.5. The van der Waals surface area contributed by atoms with Gasteiger partial charge in [-0.3, -0.25) is 14.8 Å². The summed E-state index contributed by atoms with van der Waals surface area (Å²) in [6, 6.07) is 11.4. The van der Waals surface area contributed by atoms with E-state index in [0.717, 1.165) is 34.3 Å². The molecule has 7 heteroatoms. The lowest BCUT2D eigenvalue weighted by molar-refractivity contribution is -0.127. The third-order valence-corrected chi connectivity index (χ3v) is 4.94. The number of hydrogen-bond acceptors (Lipinski definition) is 6. The minimum absolute atomic E-state index is 0.0429. The van der Waals surface area contributed by atoms with Crippen LogP contribution in [0.2, 0.25) is 0 Å². The van der Waals surface area contributed by atoms with Crippen molar-refractivity contribution in [3.05, 3.63) is 60.0 Å². The number of amides is 1. The molecule has 7 nitrogen and oxygen atoms in total. The summed E-state index contributed by atoms with van der Waals surface area (Å²) < 4.78 is 10.9. The SMILES string of the molecule is COc1cc(OC)c2nccc(CC(=NN3CCCC3=O)c3ccccn3)c2c1. The van der Waals surface area contributed by atoms with Crippen LogP contribution >= 0.6 is 0 Å². The van der Waals surface area contributed by atoms with E-state index in [0.29, 0.717) is 30.9 Å². The number of fused-ring (bicyclic) bond motifs is 1. The van der Waals surface area contributed by atoms with Crippen LogP contribution in [0.25, 0.3) is 10.9 Å². The smallest absolute Gasteiger partial charge is 0.242 e. The van der Waals surface area contributed by atoms with E-state index in [4.69, 9.17) is 9.47 Å². The van der Waals surface area contributed by atoms with Gasteiger partial charge in [0.05, 0.1) is 25.6 Å². The summed E-state index contributed by atoms with van der Waals surface area (Å²) in [4.78, 5) is 21.1. The maximum absolute atomic E-state index is 12.1. The Kier molecular flexibility index (Phi) is 5.37. The number of aromatic nitrogens is 2. The molecule has 0 spiro atoms. The number of pyridine rings is 2. The molecule has 3 aromatic rings. The predicted octanol–water partition coefficient (Wildman–Crippen LogP) is 3.22. The third kappa shape index (κ3) is 3.89. The summed E-state index contributed by atoms with van der Waals surface area (Å²) >= 11 is 0. The first-order chi connectivity index (χ1) is 14.2. The van der Waals surface area contributed by atoms with Crippen molar-refractivity contribution in [2.45, 2.75) is 19.3 Å². The average molecular weight is 390 g/mol. The maximum atomic E-state index is 12.1. The number of hydrogen-bond donors (Lipinski definition) is 0. The lowest BCUT2D eigenvalue weighted by atomic mass is 10.0. The molecule has 0 bridgehead atoms. The summed E-state index contributed by atoms with van der Waals surface area (Å²) in [5.41, 5.74) is 3.23. The highest BCUT2D eigenvalue weighted by Gasteiger charge is 2.21. The van der Waals surface area contributed by atoms with E-state index in [1.165, 1.54) is 0 Å². The van der Waals surface area contributed by atoms with E-state index in [1.807, 2.05) is 36.4 Å². The molecule has 0 aliphatic carbocycles. The van der Waals surface area contributed by atoms with Crippen LogP contribution in [0.5, 0.6) is 11.5 Å². The lowest BCUT2D eigenvalue weighted by Crippen LogP contribution is -2.22. The van der Waals surface area contributed by atoms with E-state index in [2.05, 4.69) is 15.1 Å². The zero-order valence-electron chi connectivity index (χ0n) is 16.5. The zero-order valence-corrected chi connectivity index (χ0v) is 16.5. The minimum Gasteiger partial charge on any atom is -0.497 e. The average Bonchev–Trinajstić information content (AvgIpc) is 3.17. The highest BCUT2D eigenvalue weighted by molar-refractivity contribution is 6.03. The quantitative estimate of drug-likeness (QED) is 0.604. The van der Waals surface area contributed by atoms with Gasteiger partial charge in [-0.05, 0) is 36.2 Å². The molecule has 1 fully saturated rings. The molecule has 1 aliphatic heterocycles. The van der Waals surface area contributed by atoms with Crippen molar-refractivity contribution < 1.29 is 14.3 Å². The zero-order chi connectivity index (χ0) is 20.2. The van der Waals surface area contributed by atoms with Crippen LogP contribution in [-0.4, -0.2) is 47.4 Å². The second kappa shape index (κ2) is 8.26. The van der Waals surface area contributed by atoms with Gasteiger partial charge < -0.3 is 9.47 Å². The minimum atomic E-state index is 0.0429. The summed E-state index contributed by atoms with van der Waals surface area (Å²) in [5, 5.41) is 7.14. The van der Waals surface area contributed by atoms with Gasteiger partial charge in [0, 0.05) is 43.2 Å². The number of carbonyl (C=O) groups is 1. The molecule has 0 atom stereocenters. The molecule has 0 radical (unpaired) electrons. The van der Waals surface area contributed by atoms with Crippen molar-refractivity contribution in [1.29, 1.82) is 0 Å². The fraction of sp³-hybridized carbons (Fsp3) is 0.273. The van der Waals surface area contributed by atoms with E-state index in [9.17, 15) is 4.79 Å². The highest BCUT2D eigenvalue weighted by Crippen LogP contribution is 2.32. The molecule has 1 saturated heterocycles. The number of methoxy groups -OCH3 is 2. The van der Waals surface area contributed by atoms with Gasteiger partial charge in [-0.15, -0.1) is 0 Å². The van der Waals surface area contributed by atoms with Crippen LogP contribution in [0.3, 0.4) is 0 Å². The van der Waals surface area contributed by atoms with Crippen LogP contribution in [-0.2, 0) is 11.2 Å². The fourth-order valence-electron chi connectivity index (χ4n) is 3.46. The van der Waals surface area contributed by atoms with Crippen LogP contribution in [0.4, 0.5) is 0 Å². The fourth-order valence-corrected chi connectivity index (χ4v) is 3.46. The number of benzene rings is 1. The molecule has 0 saturated carbocycles. The van der Waals surface area contributed by atoms with Crippen LogP contribution in [0.15, 0.2) is 53.9 Å². The topological polar surface area (TPSA) is 76.9 Å². The molecule has 4 rings (SSSR count). The van der Waals surface area contributed by atoms with Gasteiger partial charge in [0.2, 0.25) is 5.91 Å². The lowest BCUT2D eigenvalue weighted by Gasteiger charge is -2.15. The van der Waals surface area contributed by atoms with Gasteiger partial charge in [0.25, 0.3) is 0 Å². The predicted molar refractivity (Wildman–Crippen MR) is 110 cm³/mol. The first-order valence-electron chi connectivity index (χ1n) is 9.48. The van der Waals surface area contributed by atoms with Gasteiger partial charge in [-0.1, -0.05) is 6.07 Å². The Balaban J connectivity index is 1.81. The Hall–Kier alpha value is -3.48. The Morgan fingerprint density at radius 3 is 2.72 bits per heavy atom. The van der Waals surface area contributed by atoms with Crippen molar-refractivity contribution in [3.8, 4) is 11.5 Å². The standard InChI is InChI=1S/C22H22N4O3/c1-28-16-13-17-15(8-10-24-22(17)20(14-16)29-2)12-19(18-6-3-4-9-23-18)25-26-11-5-7-21(26)27/h3-4,6,8-10,13-14H,5,7,11-12H2,1-2H3. The molecule has 0 N–H and O–H groups in total. The largest absolute Gasteiger partial charge is 0.497 e. The summed E-state index contributed by atoms with van der Waals surface area (Å²) in [6.07, 6.45) is 5.34. The first-order valence-corrected chi connectivity index (χ1v) is 9.48. The van der Waals surface area contributed by atoms with Gasteiger partial charge in [0.1, 0.15) is 17.0 Å². The van der Waals surface area contributed by atoms with Gasteiger partial charge >= 0.3 is 0 Å².